The highest BCUT2D eigenvalue weighted by atomic mass is 16.6. The predicted octanol–water partition coefficient (Wildman–Crippen LogP) is 4.70. The van der Waals surface area contributed by atoms with E-state index in [0.29, 0.717) is 26.1 Å². The first kappa shape index (κ1) is 21.7. The molecule has 2 aliphatic heterocycles. The number of likely N-dealkylation sites (tertiary alicyclic amines) is 1. The zero-order valence-corrected chi connectivity index (χ0v) is 19.9. The van der Waals surface area contributed by atoms with Crippen LogP contribution >= 0.6 is 0 Å². The van der Waals surface area contributed by atoms with Crippen molar-refractivity contribution < 1.29 is 14.3 Å². The van der Waals surface area contributed by atoms with Gasteiger partial charge in [0, 0.05) is 30.1 Å². The van der Waals surface area contributed by atoms with E-state index in [0.717, 1.165) is 58.7 Å². The van der Waals surface area contributed by atoms with Gasteiger partial charge in [0.25, 0.3) is 0 Å². The van der Waals surface area contributed by atoms with Gasteiger partial charge in [0.2, 0.25) is 5.91 Å². The van der Waals surface area contributed by atoms with Crippen LogP contribution in [0.25, 0.3) is 11.0 Å². The molecule has 3 aromatic rings. The summed E-state index contributed by atoms with van der Waals surface area (Å²) in [5.74, 6) is 1.77. The predicted molar refractivity (Wildman–Crippen MR) is 127 cm³/mol. The maximum Gasteiger partial charge on any atom is 0.223 e. The van der Waals surface area contributed by atoms with Gasteiger partial charge in [-0.25, -0.2) is 9.67 Å². The summed E-state index contributed by atoms with van der Waals surface area (Å²) in [4.78, 5) is 20.2. The molecule has 0 bridgehead atoms. The molecule has 1 saturated heterocycles. The number of aryl methyl sites for hydroxylation is 2. The number of amides is 1. The SMILES string of the molecule is Cc1nc2c(cnn2C(C)C)c(C)c1CCC(=O)N1CCCC1c1ccc2c(c1)OCCO2. The topological polar surface area (TPSA) is 69.5 Å². The maximum absolute atomic E-state index is 13.3. The molecule has 33 heavy (non-hydrogen) atoms. The Bertz CT molecular complexity index is 1200. The number of rotatable bonds is 5. The van der Waals surface area contributed by atoms with Crippen molar-refractivity contribution in [3.05, 3.63) is 46.8 Å². The van der Waals surface area contributed by atoms with Crippen LogP contribution in [-0.2, 0) is 11.2 Å². The maximum atomic E-state index is 13.3. The molecule has 1 fully saturated rings. The van der Waals surface area contributed by atoms with E-state index in [-0.39, 0.29) is 18.0 Å². The number of nitrogens with zero attached hydrogens (tertiary/aromatic N) is 4. The summed E-state index contributed by atoms with van der Waals surface area (Å²) in [6.45, 7) is 10.3. The lowest BCUT2D eigenvalue weighted by Gasteiger charge is -2.27. The van der Waals surface area contributed by atoms with Crippen molar-refractivity contribution in [1.82, 2.24) is 19.7 Å². The Hall–Kier alpha value is -3.09. The summed E-state index contributed by atoms with van der Waals surface area (Å²) in [6.07, 6.45) is 5.07. The third-order valence-corrected chi connectivity index (χ3v) is 6.94. The van der Waals surface area contributed by atoms with Gasteiger partial charge in [0.15, 0.2) is 17.1 Å². The van der Waals surface area contributed by atoms with Crippen LogP contribution in [0.4, 0.5) is 0 Å². The fourth-order valence-electron chi connectivity index (χ4n) is 5.19. The number of fused-ring (bicyclic) bond motifs is 2. The Kier molecular flexibility index (Phi) is 5.72. The molecule has 1 unspecified atom stereocenters. The third-order valence-electron chi connectivity index (χ3n) is 6.94. The molecule has 7 heteroatoms. The second-order valence-corrected chi connectivity index (χ2v) is 9.37. The van der Waals surface area contributed by atoms with Crippen LogP contribution in [0.5, 0.6) is 11.5 Å². The number of hydrogen-bond donors (Lipinski definition) is 0. The van der Waals surface area contributed by atoms with Crippen LogP contribution in [0.2, 0.25) is 0 Å². The number of carbonyl (C=O) groups excluding carboxylic acids is 1. The van der Waals surface area contributed by atoms with Crippen molar-refractivity contribution in [2.75, 3.05) is 19.8 Å². The third kappa shape index (κ3) is 3.94. The number of aromatic nitrogens is 3. The van der Waals surface area contributed by atoms with Crippen molar-refractivity contribution in [3.63, 3.8) is 0 Å². The number of ether oxygens (including phenoxy) is 2. The first-order valence-electron chi connectivity index (χ1n) is 12.0. The van der Waals surface area contributed by atoms with Gasteiger partial charge >= 0.3 is 0 Å². The average molecular weight is 449 g/mol. The summed E-state index contributed by atoms with van der Waals surface area (Å²) in [5.41, 5.74) is 5.38. The molecule has 4 heterocycles. The van der Waals surface area contributed by atoms with Crippen molar-refractivity contribution >= 4 is 16.9 Å². The molecule has 0 saturated carbocycles. The molecule has 7 nitrogen and oxygen atoms in total. The Balaban J connectivity index is 1.33. The first-order valence-corrected chi connectivity index (χ1v) is 12.0. The summed E-state index contributed by atoms with van der Waals surface area (Å²) in [6, 6.07) is 6.44. The van der Waals surface area contributed by atoms with Gasteiger partial charge in [0.1, 0.15) is 13.2 Å². The Morgan fingerprint density at radius 3 is 2.76 bits per heavy atom. The largest absolute Gasteiger partial charge is 0.486 e. The molecule has 2 aromatic heterocycles. The van der Waals surface area contributed by atoms with Gasteiger partial charge in [0.05, 0.1) is 12.2 Å². The molecule has 1 atom stereocenters. The smallest absolute Gasteiger partial charge is 0.223 e. The van der Waals surface area contributed by atoms with E-state index in [1.54, 1.807) is 0 Å². The molecular formula is C26H32N4O3. The summed E-state index contributed by atoms with van der Waals surface area (Å²) >= 11 is 0. The lowest BCUT2D eigenvalue weighted by molar-refractivity contribution is -0.132. The monoisotopic (exact) mass is 448 g/mol. The van der Waals surface area contributed by atoms with E-state index in [2.05, 4.69) is 31.9 Å². The molecule has 0 aliphatic carbocycles. The molecule has 5 rings (SSSR count). The number of carbonyl (C=O) groups is 1. The highest BCUT2D eigenvalue weighted by Crippen LogP contribution is 2.38. The van der Waals surface area contributed by atoms with Crippen LogP contribution in [0.15, 0.2) is 24.4 Å². The van der Waals surface area contributed by atoms with Gasteiger partial charge < -0.3 is 14.4 Å². The van der Waals surface area contributed by atoms with Crippen LogP contribution in [0.3, 0.4) is 0 Å². The van der Waals surface area contributed by atoms with E-state index in [1.165, 1.54) is 5.56 Å². The zero-order valence-electron chi connectivity index (χ0n) is 19.9. The van der Waals surface area contributed by atoms with E-state index in [4.69, 9.17) is 14.5 Å². The highest BCUT2D eigenvalue weighted by Gasteiger charge is 2.31. The lowest BCUT2D eigenvalue weighted by Crippen LogP contribution is -2.31. The number of benzene rings is 1. The highest BCUT2D eigenvalue weighted by molar-refractivity contribution is 5.81. The van der Waals surface area contributed by atoms with Crippen molar-refractivity contribution in [3.8, 4) is 11.5 Å². The Morgan fingerprint density at radius 1 is 1.18 bits per heavy atom. The van der Waals surface area contributed by atoms with Gasteiger partial charge in [-0.15, -0.1) is 0 Å². The molecule has 1 aromatic carbocycles. The number of pyridine rings is 1. The first-order chi connectivity index (χ1) is 15.9. The van der Waals surface area contributed by atoms with Crippen molar-refractivity contribution in [2.45, 2.75) is 65.5 Å². The molecule has 0 spiro atoms. The standard InChI is InChI=1S/C26H32N4O3/c1-16(2)30-26-21(15-27-30)17(3)20(18(4)28-26)8-10-25(31)29-11-5-6-22(29)19-7-9-23-24(14-19)33-13-12-32-23/h7,9,14-16,22H,5-6,8,10-13H2,1-4H3. The van der Waals surface area contributed by atoms with E-state index in [9.17, 15) is 4.79 Å². The van der Waals surface area contributed by atoms with Crippen LogP contribution < -0.4 is 9.47 Å². The van der Waals surface area contributed by atoms with Crippen LogP contribution in [0, 0.1) is 13.8 Å². The van der Waals surface area contributed by atoms with Gasteiger partial charge in [-0.2, -0.15) is 5.10 Å². The van der Waals surface area contributed by atoms with E-state index >= 15 is 0 Å². The van der Waals surface area contributed by atoms with Gasteiger partial charge in [-0.1, -0.05) is 6.07 Å². The fraction of sp³-hybridized carbons (Fsp3) is 0.500. The molecule has 0 N–H and O–H groups in total. The van der Waals surface area contributed by atoms with Crippen LogP contribution in [-0.4, -0.2) is 45.3 Å². The molecule has 0 radical (unpaired) electrons. The quantitative estimate of drug-likeness (QED) is 0.566. The molecule has 174 valence electrons. The van der Waals surface area contributed by atoms with Gasteiger partial charge in [-0.3, -0.25) is 4.79 Å². The zero-order chi connectivity index (χ0) is 23.1. The normalized spacial score (nSPS) is 17.8. The van der Waals surface area contributed by atoms with E-state index < -0.39 is 0 Å². The van der Waals surface area contributed by atoms with Gasteiger partial charge in [-0.05, 0) is 75.8 Å². The van der Waals surface area contributed by atoms with Crippen molar-refractivity contribution in [1.29, 1.82) is 0 Å². The second-order valence-electron chi connectivity index (χ2n) is 9.37. The fourth-order valence-corrected chi connectivity index (χ4v) is 5.19. The van der Waals surface area contributed by atoms with Crippen LogP contribution in [0.1, 0.15) is 67.6 Å². The minimum Gasteiger partial charge on any atom is -0.486 e. The van der Waals surface area contributed by atoms with Crippen molar-refractivity contribution in [2.24, 2.45) is 0 Å². The molecule has 1 amide bonds. The minimum absolute atomic E-state index is 0.0976. The minimum atomic E-state index is 0.0976. The summed E-state index contributed by atoms with van der Waals surface area (Å²) in [7, 11) is 0. The second kappa shape index (κ2) is 8.69. The summed E-state index contributed by atoms with van der Waals surface area (Å²) in [5, 5.41) is 5.61. The lowest BCUT2D eigenvalue weighted by atomic mass is 9.99. The molecular weight excluding hydrogens is 416 g/mol. The number of hydrogen-bond acceptors (Lipinski definition) is 5. The van der Waals surface area contributed by atoms with E-state index in [1.807, 2.05) is 34.8 Å². The Labute approximate surface area is 194 Å². The Morgan fingerprint density at radius 2 is 1.97 bits per heavy atom. The summed E-state index contributed by atoms with van der Waals surface area (Å²) < 4.78 is 13.4. The molecule has 2 aliphatic rings. The average Bonchev–Trinajstić information content (AvgIpc) is 3.46.